The SMILES string of the molecule is CCCCCCCCCCCC(C(=O)O)C(=O)O.CNC(=N)N. The summed E-state index contributed by atoms with van der Waals surface area (Å²) < 4.78 is 0. The molecule has 0 spiro atoms. The number of carboxylic acids is 2. The monoisotopic (exact) mass is 331 g/mol. The zero-order chi connectivity index (χ0) is 18.1. The molecule has 6 N–H and O–H groups in total. The lowest BCUT2D eigenvalue weighted by atomic mass is 10.00. The van der Waals surface area contributed by atoms with Crippen LogP contribution < -0.4 is 11.1 Å². The second kappa shape index (κ2) is 16.6. The minimum atomic E-state index is -1.23. The van der Waals surface area contributed by atoms with E-state index in [-0.39, 0.29) is 12.4 Å². The number of nitrogens with one attached hydrogen (secondary N) is 2. The van der Waals surface area contributed by atoms with Crippen LogP contribution in [-0.2, 0) is 9.59 Å². The van der Waals surface area contributed by atoms with Crippen LogP contribution in [0.5, 0.6) is 0 Å². The van der Waals surface area contributed by atoms with Crippen LogP contribution >= 0.6 is 0 Å². The summed E-state index contributed by atoms with van der Waals surface area (Å²) in [7, 11) is 1.60. The van der Waals surface area contributed by atoms with Gasteiger partial charge in [-0.05, 0) is 6.42 Å². The van der Waals surface area contributed by atoms with Crippen molar-refractivity contribution >= 4 is 17.9 Å². The Labute approximate surface area is 139 Å². The van der Waals surface area contributed by atoms with Gasteiger partial charge in [0.05, 0.1) is 0 Å². The van der Waals surface area contributed by atoms with E-state index >= 15 is 0 Å². The van der Waals surface area contributed by atoms with Gasteiger partial charge in [-0.1, -0.05) is 64.7 Å². The van der Waals surface area contributed by atoms with E-state index in [1.165, 1.54) is 38.5 Å². The summed E-state index contributed by atoms with van der Waals surface area (Å²) in [6.45, 7) is 2.20. The molecule has 7 heteroatoms. The van der Waals surface area contributed by atoms with E-state index < -0.39 is 17.9 Å². The summed E-state index contributed by atoms with van der Waals surface area (Å²) in [4.78, 5) is 21.3. The molecule has 136 valence electrons. The van der Waals surface area contributed by atoms with Crippen molar-refractivity contribution in [1.82, 2.24) is 5.32 Å². The Kier molecular flexibility index (Phi) is 16.9. The number of guanidine groups is 1. The minimum absolute atomic E-state index is 0.00463. The molecule has 0 unspecified atom stereocenters. The molecule has 23 heavy (non-hydrogen) atoms. The first-order chi connectivity index (χ1) is 10.9. The first kappa shape index (κ1) is 23.5. The summed E-state index contributed by atoms with van der Waals surface area (Å²) in [5.74, 6) is -3.66. The molecule has 0 rings (SSSR count). The van der Waals surface area contributed by atoms with Gasteiger partial charge in [-0.2, -0.15) is 0 Å². The molecule has 0 aromatic carbocycles. The van der Waals surface area contributed by atoms with Gasteiger partial charge in [-0.3, -0.25) is 15.0 Å². The molecule has 0 aliphatic rings. The van der Waals surface area contributed by atoms with E-state index in [9.17, 15) is 9.59 Å². The smallest absolute Gasteiger partial charge is 0.317 e. The number of unbranched alkanes of at least 4 members (excludes halogenated alkanes) is 8. The van der Waals surface area contributed by atoms with Gasteiger partial charge in [0.2, 0.25) is 0 Å². The lowest BCUT2D eigenvalue weighted by molar-refractivity contribution is -0.154. The molecule has 0 aliphatic carbocycles. The number of hydrogen-bond acceptors (Lipinski definition) is 3. The van der Waals surface area contributed by atoms with Crippen molar-refractivity contribution in [2.24, 2.45) is 11.7 Å². The molecule has 0 saturated carbocycles. The summed E-state index contributed by atoms with van der Waals surface area (Å²) >= 11 is 0. The number of nitrogens with two attached hydrogens (primary N) is 1. The largest absolute Gasteiger partial charge is 0.481 e. The maximum Gasteiger partial charge on any atom is 0.317 e. The lowest BCUT2D eigenvalue weighted by Gasteiger charge is -2.06. The number of carbonyl (C=O) groups is 2. The van der Waals surface area contributed by atoms with E-state index in [1.54, 1.807) is 7.05 Å². The summed E-state index contributed by atoms with van der Waals surface area (Å²) in [6.07, 6.45) is 10.5. The second-order valence-corrected chi connectivity index (χ2v) is 5.51. The molecule has 0 radical (unpaired) electrons. The number of rotatable bonds is 12. The highest BCUT2D eigenvalue weighted by molar-refractivity contribution is 5.92. The highest BCUT2D eigenvalue weighted by atomic mass is 16.4. The summed E-state index contributed by atoms with van der Waals surface area (Å²) in [6, 6.07) is 0. The van der Waals surface area contributed by atoms with Gasteiger partial charge in [0.1, 0.15) is 0 Å². The van der Waals surface area contributed by atoms with Crippen LogP contribution in [0.4, 0.5) is 0 Å². The Hall–Kier alpha value is -1.79. The van der Waals surface area contributed by atoms with Crippen LogP contribution in [0.3, 0.4) is 0 Å². The molecular weight excluding hydrogens is 298 g/mol. The maximum atomic E-state index is 10.6. The Morgan fingerprint density at radius 3 is 1.61 bits per heavy atom. The van der Waals surface area contributed by atoms with Crippen molar-refractivity contribution in [3.8, 4) is 0 Å². The van der Waals surface area contributed by atoms with E-state index in [1.807, 2.05) is 0 Å². The zero-order valence-corrected chi connectivity index (χ0v) is 14.4. The Bertz CT molecular complexity index is 321. The van der Waals surface area contributed by atoms with Crippen molar-refractivity contribution in [1.29, 1.82) is 5.41 Å². The van der Waals surface area contributed by atoms with Gasteiger partial charge in [-0.15, -0.1) is 0 Å². The second-order valence-electron chi connectivity index (χ2n) is 5.51. The van der Waals surface area contributed by atoms with E-state index in [0.717, 1.165) is 12.8 Å². The third kappa shape index (κ3) is 18.2. The third-order valence-corrected chi connectivity index (χ3v) is 3.46. The number of carboxylic acid groups (broad SMARTS) is 2. The zero-order valence-electron chi connectivity index (χ0n) is 14.4. The molecule has 7 nitrogen and oxygen atoms in total. The Morgan fingerprint density at radius 2 is 1.30 bits per heavy atom. The lowest BCUT2D eigenvalue weighted by Crippen LogP contribution is -2.25. The summed E-state index contributed by atoms with van der Waals surface area (Å²) in [5.41, 5.74) is 4.76. The fraction of sp³-hybridized carbons (Fsp3) is 0.812. The Balaban J connectivity index is 0. The molecule has 0 fully saturated rings. The molecule has 0 aromatic heterocycles. The molecule has 0 bridgehead atoms. The van der Waals surface area contributed by atoms with Crippen LogP contribution in [0.25, 0.3) is 0 Å². The van der Waals surface area contributed by atoms with Crippen LogP contribution in [-0.4, -0.2) is 35.2 Å². The normalized spacial score (nSPS) is 9.87. The molecule has 0 heterocycles. The predicted octanol–water partition coefficient (Wildman–Crippen LogP) is 2.79. The molecule has 0 saturated heterocycles. The summed E-state index contributed by atoms with van der Waals surface area (Å²) in [5, 5.41) is 26.2. The van der Waals surface area contributed by atoms with E-state index in [2.05, 4.69) is 12.2 Å². The average molecular weight is 331 g/mol. The first-order valence-electron chi connectivity index (χ1n) is 8.34. The molecule has 0 amide bonds. The highest BCUT2D eigenvalue weighted by Gasteiger charge is 2.24. The highest BCUT2D eigenvalue weighted by Crippen LogP contribution is 2.14. The third-order valence-electron chi connectivity index (χ3n) is 3.46. The minimum Gasteiger partial charge on any atom is -0.481 e. The number of aliphatic carboxylic acids is 2. The fourth-order valence-corrected chi connectivity index (χ4v) is 2.01. The number of hydrogen-bond donors (Lipinski definition) is 5. The average Bonchev–Trinajstić information content (AvgIpc) is 2.49. The first-order valence-corrected chi connectivity index (χ1v) is 8.34. The van der Waals surface area contributed by atoms with E-state index in [4.69, 9.17) is 21.4 Å². The van der Waals surface area contributed by atoms with Gasteiger partial charge in [0.15, 0.2) is 11.9 Å². The predicted molar refractivity (Wildman–Crippen MR) is 91.6 cm³/mol. The molecule has 0 atom stereocenters. The molecular formula is C16H33N3O4. The van der Waals surface area contributed by atoms with E-state index in [0.29, 0.717) is 6.42 Å². The van der Waals surface area contributed by atoms with Crippen molar-refractivity contribution in [3.05, 3.63) is 0 Å². The van der Waals surface area contributed by atoms with Crippen molar-refractivity contribution in [3.63, 3.8) is 0 Å². The van der Waals surface area contributed by atoms with Gasteiger partial charge in [0, 0.05) is 7.05 Å². The van der Waals surface area contributed by atoms with Crippen molar-refractivity contribution in [2.45, 2.75) is 71.1 Å². The topological polar surface area (TPSA) is 136 Å². The maximum absolute atomic E-state index is 10.6. The van der Waals surface area contributed by atoms with Gasteiger partial charge < -0.3 is 21.3 Å². The van der Waals surface area contributed by atoms with Crippen molar-refractivity contribution < 1.29 is 19.8 Å². The standard InChI is InChI=1S/C14H26O4.C2H7N3/c1-2-3-4-5-6-7-8-9-10-11-12(13(15)16)14(17)18;1-5-2(3)4/h12H,2-11H2,1H3,(H,15,16)(H,17,18);1H3,(H4,3,4,5). The van der Waals surface area contributed by atoms with Crippen LogP contribution in [0.15, 0.2) is 0 Å². The van der Waals surface area contributed by atoms with Gasteiger partial charge in [-0.25, -0.2) is 0 Å². The van der Waals surface area contributed by atoms with Crippen molar-refractivity contribution in [2.75, 3.05) is 7.05 Å². The molecule has 0 aromatic rings. The van der Waals surface area contributed by atoms with Crippen LogP contribution in [0.1, 0.15) is 71.1 Å². The van der Waals surface area contributed by atoms with Gasteiger partial charge >= 0.3 is 11.9 Å². The quantitative estimate of drug-likeness (QED) is 0.161. The fourth-order valence-electron chi connectivity index (χ4n) is 2.01. The Morgan fingerprint density at radius 1 is 0.957 bits per heavy atom. The van der Waals surface area contributed by atoms with Crippen LogP contribution in [0.2, 0.25) is 0 Å². The molecule has 0 aliphatic heterocycles. The van der Waals surface area contributed by atoms with Gasteiger partial charge in [0.25, 0.3) is 0 Å². The van der Waals surface area contributed by atoms with Crippen LogP contribution in [0, 0.1) is 11.3 Å².